The van der Waals surface area contributed by atoms with Gasteiger partial charge in [-0.2, -0.15) is 0 Å². The van der Waals surface area contributed by atoms with Gasteiger partial charge in [0, 0.05) is 23.7 Å². The lowest BCUT2D eigenvalue weighted by atomic mass is 10.1. The van der Waals surface area contributed by atoms with Crippen molar-refractivity contribution in [3.05, 3.63) is 41.1 Å². The molecule has 0 radical (unpaired) electrons. The van der Waals surface area contributed by atoms with Crippen molar-refractivity contribution in [2.45, 2.75) is 0 Å². The van der Waals surface area contributed by atoms with Gasteiger partial charge in [-0.25, -0.2) is 0 Å². The zero-order valence-electron chi connectivity index (χ0n) is 8.53. The first-order valence-corrected chi connectivity index (χ1v) is 5.03. The van der Waals surface area contributed by atoms with E-state index in [1.54, 1.807) is 18.2 Å². The number of hydrogen-bond donors (Lipinski definition) is 1. The number of amides is 1. The molecule has 1 N–H and O–H groups in total. The van der Waals surface area contributed by atoms with Crippen molar-refractivity contribution in [1.29, 1.82) is 0 Å². The molecule has 0 saturated heterocycles. The van der Waals surface area contributed by atoms with Crippen molar-refractivity contribution >= 4 is 17.5 Å². The standard InChI is InChI=1S/C11H9ClN2O2/c1-13-11(15)10-6-9(14-16-10)7-3-2-4-8(12)5-7/h2-6H,1H3,(H,13,15). The van der Waals surface area contributed by atoms with Gasteiger partial charge >= 0.3 is 0 Å². The number of hydrogen-bond acceptors (Lipinski definition) is 3. The zero-order valence-corrected chi connectivity index (χ0v) is 9.28. The molecule has 1 aromatic heterocycles. The van der Waals surface area contributed by atoms with Crippen molar-refractivity contribution < 1.29 is 9.32 Å². The van der Waals surface area contributed by atoms with Crippen molar-refractivity contribution in [1.82, 2.24) is 10.5 Å². The molecule has 0 atom stereocenters. The molecule has 5 heteroatoms. The van der Waals surface area contributed by atoms with E-state index in [0.717, 1.165) is 5.56 Å². The molecule has 0 aliphatic carbocycles. The largest absolute Gasteiger partial charge is 0.352 e. The Morgan fingerprint density at radius 3 is 2.94 bits per heavy atom. The molecule has 2 rings (SSSR count). The van der Waals surface area contributed by atoms with Crippen LogP contribution in [-0.4, -0.2) is 18.1 Å². The summed E-state index contributed by atoms with van der Waals surface area (Å²) in [5, 5.41) is 6.87. The highest BCUT2D eigenvalue weighted by Gasteiger charge is 2.12. The van der Waals surface area contributed by atoms with Crippen LogP contribution in [0, 0.1) is 0 Å². The van der Waals surface area contributed by atoms with E-state index in [1.165, 1.54) is 7.05 Å². The Morgan fingerprint density at radius 1 is 1.44 bits per heavy atom. The van der Waals surface area contributed by atoms with Crippen molar-refractivity contribution in [3.63, 3.8) is 0 Å². The molecule has 0 unspecified atom stereocenters. The lowest BCUT2D eigenvalue weighted by Gasteiger charge is -1.94. The van der Waals surface area contributed by atoms with Crippen LogP contribution in [0.3, 0.4) is 0 Å². The Balaban J connectivity index is 2.35. The number of rotatable bonds is 2. The van der Waals surface area contributed by atoms with Crippen LogP contribution in [0.15, 0.2) is 34.9 Å². The molecule has 0 saturated carbocycles. The monoisotopic (exact) mass is 236 g/mol. The van der Waals surface area contributed by atoms with E-state index in [2.05, 4.69) is 10.5 Å². The van der Waals surface area contributed by atoms with E-state index < -0.39 is 0 Å². The molecular weight excluding hydrogens is 228 g/mol. The number of aromatic nitrogens is 1. The van der Waals surface area contributed by atoms with E-state index in [-0.39, 0.29) is 11.7 Å². The Kier molecular flexibility index (Phi) is 2.92. The lowest BCUT2D eigenvalue weighted by molar-refractivity contribution is 0.0926. The van der Waals surface area contributed by atoms with Crippen LogP contribution in [0.25, 0.3) is 11.3 Å². The summed E-state index contributed by atoms with van der Waals surface area (Å²) in [7, 11) is 1.53. The lowest BCUT2D eigenvalue weighted by Crippen LogP contribution is -2.16. The van der Waals surface area contributed by atoms with E-state index in [1.807, 2.05) is 12.1 Å². The Hall–Kier alpha value is -1.81. The first-order chi connectivity index (χ1) is 7.70. The van der Waals surface area contributed by atoms with E-state index in [9.17, 15) is 4.79 Å². The molecule has 1 aromatic carbocycles. The van der Waals surface area contributed by atoms with Crippen LogP contribution < -0.4 is 5.32 Å². The summed E-state index contributed by atoms with van der Waals surface area (Å²) in [4.78, 5) is 11.3. The fraction of sp³-hybridized carbons (Fsp3) is 0.0909. The van der Waals surface area contributed by atoms with Gasteiger partial charge in [0.1, 0.15) is 5.69 Å². The van der Waals surface area contributed by atoms with Gasteiger partial charge in [0.25, 0.3) is 5.91 Å². The smallest absolute Gasteiger partial charge is 0.289 e. The Labute approximate surface area is 97.2 Å². The van der Waals surface area contributed by atoms with Crippen LogP contribution in [0.4, 0.5) is 0 Å². The summed E-state index contributed by atoms with van der Waals surface area (Å²) in [5.74, 6) is -0.127. The highest BCUT2D eigenvalue weighted by atomic mass is 35.5. The first-order valence-electron chi connectivity index (χ1n) is 4.65. The van der Waals surface area contributed by atoms with Crippen LogP contribution in [-0.2, 0) is 0 Å². The van der Waals surface area contributed by atoms with E-state index in [4.69, 9.17) is 16.1 Å². The maximum Gasteiger partial charge on any atom is 0.289 e. The Bertz CT molecular complexity index is 522. The minimum atomic E-state index is -0.305. The molecule has 0 bridgehead atoms. The maximum atomic E-state index is 11.3. The fourth-order valence-corrected chi connectivity index (χ4v) is 1.48. The quantitative estimate of drug-likeness (QED) is 0.871. The minimum Gasteiger partial charge on any atom is -0.352 e. The van der Waals surface area contributed by atoms with Crippen molar-refractivity contribution in [3.8, 4) is 11.3 Å². The number of halogens is 1. The third kappa shape index (κ3) is 2.06. The van der Waals surface area contributed by atoms with Crippen LogP contribution >= 0.6 is 11.6 Å². The van der Waals surface area contributed by atoms with E-state index in [0.29, 0.717) is 10.7 Å². The molecule has 82 valence electrons. The van der Waals surface area contributed by atoms with Gasteiger partial charge < -0.3 is 9.84 Å². The second kappa shape index (κ2) is 4.37. The average molecular weight is 237 g/mol. The minimum absolute atomic E-state index is 0.178. The van der Waals surface area contributed by atoms with Crippen LogP contribution in [0.1, 0.15) is 10.6 Å². The Morgan fingerprint density at radius 2 is 2.25 bits per heavy atom. The molecule has 1 amide bonds. The number of carbonyl (C=O) groups excluding carboxylic acids is 1. The molecule has 4 nitrogen and oxygen atoms in total. The van der Waals surface area contributed by atoms with Crippen LogP contribution in [0.5, 0.6) is 0 Å². The fourth-order valence-electron chi connectivity index (χ4n) is 1.29. The second-order valence-corrected chi connectivity index (χ2v) is 3.60. The number of nitrogens with zero attached hydrogens (tertiary/aromatic N) is 1. The third-order valence-corrected chi connectivity index (χ3v) is 2.32. The predicted molar refractivity (Wildman–Crippen MR) is 60.3 cm³/mol. The third-order valence-electron chi connectivity index (χ3n) is 2.08. The highest BCUT2D eigenvalue weighted by molar-refractivity contribution is 6.30. The number of nitrogens with one attached hydrogen (secondary N) is 1. The maximum absolute atomic E-state index is 11.3. The molecular formula is C11H9ClN2O2. The molecule has 16 heavy (non-hydrogen) atoms. The number of carbonyl (C=O) groups is 1. The van der Waals surface area contributed by atoms with Gasteiger partial charge in [-0.1, -0.05) is 28.9 Å². The molecule has 2 aromatic rings. The molecule has 0 spiro atoms. The highest BCUT2D eigenvalue weighted by Crippen LogP contribution is 2.22. The normalized spacial score (nSPS) is 10.1. The summed E-state index contributed by atoms with van der Waals surface area (Å²) in [5.41, 5.74) is 1.40. The second-order valence-electron chi connectivity index (χ2n) is 3.17. The van der Waals surface area contributed by atoms with Gasteiger partial charge in [0.15, 0.2) is 0 Å². The van der Waals surface area contributed by atoms with Gasteiger partial charge in [0.05, 0.1) is 0 Å². The molecule has 0 aliphatic heterocycles. The van der Waals surface area contributed by atoms with Gasteiger partial charge in [-0.3, -0.25) is 4.79 Å². The predicted octanol–water partition coefficient (Wildman–Crippen LogP) is 2.35. The van der Waals surface area contributed by atoms with Crippen molar-refractivity contribution in [2.24, 2.45) is 0 Å². The SMILES string of the molecule is CNC(=O)c1cc(-c2cccc(Cl)c2)no1. The summed E-state index contributed by atoms with van der Waals surface area (Å²) < 4.78 is 4.91. The molecule has 0 aliphatic rings. The first kappa shape index (κ1) is 10.7. The summed E-state index contributed by atoms with van der Waals surface area (Å²) >= 11 is 5.85. The topological polar surface area (TPSA) is 55.1 Å². The molecule has 1 heterocycles. The number of benzene rings is 1. The van der Waals surface area contributed by atoms with Crippen LogP contribution in [0.2, 0.25) is 5.02 Å². The summed E-state index contributed by atoms with van der Waals surface area (Å²) in [6, 6.07) is 8.76. The average Bonchev–Trinajstić information content (AvgIpc) is 2.77. The van der Waals surface area contributed by atoms with Crippen molar-refractivity contribution in [2.75, 3.05) is 7.05 Å². The van der Waals surface area contributed by atoms with E-state index >= 15 is 0 Å². The summed E-state index contributed by atoms with van der Waals surface area (Å²) in [6.07, 6.45) is 0. The summed E-state index contributed by atoms with van der Waals surface area (Å²) in [6.45, 7) is 0. The van der Waals surface area contributed by atoms with Gasteiger partial charge in [-0.15, -0.1) is 0 Å². The zero-order chi connectivity index (χ0) is 11.5. The molecule has 0 fully saturated rings. The van der Waals surface area contributed by atoms with Gasteiger partial charge in [0.2, 0.25) is 5.76 Å². The van der Waals surface area contributed by atoms with Gasteiger partial charge in [-0.05, 0) is 12.1 Å².